The van der Waals surface area contributed by atoms with Gasteiger partial charge in [-0.05, 0) is 42.3 Å². The van der Waals surface area contributed by atoms with Gasteiger partial charge in [-0.3, -0.25) is 0 Å². The Labute approximate surface area is 112 Å². The van der Waals surface area contributed by atoms with Gasteiger partial charge in [0.2, 0.25) is 5.88 Å². The second kappa shape index (κ2) is 5.87. The number of aromatic nitrogens is 1. The number of thiophene rings is 1. The van der Waals surface area contributed by atoms with Crippen molar-refractivity contribution in [3.63, 3.8) is 0 Å². The topological polar surface area (TPSA) is 25.4 Å². The minimum Gasteiger partial charge on any atom is -0.475 e. The van der Waals surface area contributed by atoms with Crippen molar-refractivity contribution in [1.29, 1.82) is 0 Å². The highest BCUT2D eigenvalue weighted by atomic mass is 32.1. The van der Waals surface area contributed by atoms with Crippen molar-refractivity contribution in [3.8, 4) is 5.88 Å². The normalized spacial score (nSPS) is 10.7. The summed E-state index contributed by atoms with van der Waals surface area (Å²) >= 11 is 1.72. The molecule has 3 nitrogen and oxygen atoms in total. The molecule has 0 saturated carbocycles. The molecule has 0 unspecified atom stereocenters. The van der Waals surface area contributed by atoms with Gasteiger partial charge in [-0.15, -0.1) is 0 Å². The predicted molar refractivity (Wildman–Crippen MR) is 76.4 cm³/mol. The van der Waals surface area contributed by atoms with Crippen LogP contribution in [0.25, 0.3) is 0 Å². The molecule has 0 aliphatic carbocycles. The van der Waals surface area contributed by atoms with Gasteiger partial charge in [-0.25, -0.2) is 0 Å². The summed E-state index contributed by atoms with van der Waals surface area (Å²) < 4.78 is 5.60. The summed E-state index contributed by atoms with van der Waals surface area (Å²) in [5, 5.41) is 4.25. The van der Waals surface area contributed by atoms with Crippen LogP contribution in [0, 0.1) is 0 Å². The van der Waals surface area contributed by atoms with E-state index in [0.717, 1.165) is 12.4 Å². The molecular formula is C14H18N2OS. The Balaban J connectivity index is 2.07. The molecule has 0 spiro atoms. The summed E-state index contributed by atoms with van der Waals surface area (Å²) in [5.41, 5.74) is 1.31. The zero-order valence-electron chi connectivity index (χ0n) is 11.0. The number of hydrogen-bond donors (Lipinski definition) is 0. The fraction of sp³-hybridized carbons (Fsp3) is 0.357. The van der Waals surface area contributed by atoms with Crippen molar-refractivity contribution in [2.45, 2.75) is 26.5 Å². The molecule has 0 amide bonds. The lowest BCUT2D eigenvalue weighted by atomic mass is 10.3. The first kappa shape index (κ1) is 12.9. The number of nitrogens with zero attached hydrogens (tertiary/aromatic N) is 2. The lowest BCUT2D eigenvalue weighted by Gasteiger charge is -2.18. The van der Waals surface area contributed by atoms with Gasteiger partial charge in [0.25, 0.3) is 0 Å². The van der Waals surface area contributed by atoms with Gasteiger partial charge >= 0.3 is 0 Å². The predicted octanol–water partition coefficient (Wildman–Crippen LogP) is 3.57. The number of rotatable bonds is 5. The Bertz CT molecular complexity index is 482. The molecule has 0 N–H and O–H groups in total. The molecule has 2 aromatic heterocycles. The molecule has 4 heteroatoms. The van der Waals surface area contributed by atoms with Crippen molar-refractivity contribution in [3.05, 3.63) is 40.6 Å². The minimum absolute atomic E-state index is 0.148. The van der Waals surface area contributed by atoms with Gasteiger partial charge in [-0.2, -0.15) is 16.3 Å². The monoisotopic (exact) mass is 262 g/mol. The fourth-order valence-electron chi connectivity index (χ4n) is 1.66. The largest absolute Gasteiger partial charge is 0.475 e. The van der Waals surface area contributed by atoms with Crippen LogP contribution < -0.4 is 9.64 Å². The summed E-state index contributed by atoms with van der Waals surface area (Å²) in [6.07, 6.45) is 0.148. The maximum absolute atomic E-state index is 5.60. The van der Waals surface area contributed by atoms with E-state index in [4.69, 9.17) is 4.74 Å². The third kappa shape index (κ3) is 3.47. The average Bonchev–Trinajstić information content (AvgIpc) is 2.81. The number of pyridine rings is 1. The van der Waals surface area contributed by atoms with Crippen LogP contribution in [0.3, 0.4) is 0 Å². The second-order valence-electron chi connectivity index (χ2n) is 4.49. The molecule has 96 valence electrons. The minimum atomic E-state index is 0.148. The van der Waals surface area contributed by atoms with Crippen molar-refractivity contribution >= 4 is 17.2 Å². The van der Waals surface area contributed by atoms with Crippen molar-refractivity contribution in [2.24, 2.45) is 0 Å². The Morgan fingerprint density at radius 1 is 1.33 bits per heavy atom. The van der Waals surface area contributed by atoms with Gasteiger partial charge in [0.05, 0.1) is 6.10 Å². The molecule has 2 heterocycles. The number of anilines is 1. The van der Waals surface area contributed by atoms with Crippen molar-refractivity contribution in [2.75, 3.05) is 11.9 Å². The van der Waals surface area contributed by atoms with Gasteiger partial charge in [0, 0.05) is 19.7 Å². The second-order valence-corrected chi connectivity index (χ2v) is 5.27. The zero-order chi connectivity index (χ0) is 13.0. The van der Waals surface area contributed by atoms with E-state index in [1.54, 1.807) is 11.3 Å². The maximum Gasteiger partial charge on any atom is 0.215 e. The van der Waals surface area contributed by atoms with E-state index < -0.39 is 0 Å². The smallest absolute Gasteiger partial charge is 0.215 e. The van der Waals surface area contributed by atoms with Crippen LogP contribution in [-0.4, -0.2) is 18.1 Å². The summed E-state index contributed by atoms with van der Waals surface area (Å²) in [6, 6.07) is 8.00. The maximum atomic E-state index is 5.60. The third-order valence-electron chi connectivity index (χ3n) is 2.46. The molecule has 0 saturated heterocycles. The zero-order valence-corrected chi connectivity index (χ0v) is 11.8. The summed E-state index contributed by atoms with van der Waals surface area (Å²) in [7, 11) is 2.04. The van der Waals surface area contributed by atoms with Crippen LogP contribution in [0.15, 0.2) is 35.0 Å². The molecule has 0 bridgehead atoms. The van der Waals surface area contributed by atoms with E-state index in [1.165, 1.54) is 5.56 Å². The van der Waals surface area contributed by atoms with E-state index in [9.17, 15) is 0 Å². The van der Waals surface area contributed by atoms with Crippen molar-refractivity contribution in [1.82, 2.24) is 4.98 Å². The lowest BCUT2D eigenvalue weighted by molar-refractivity contribution is 0.233. The Morgan fingerprint density at radius 3 is 2.83 bits per heavy atom. The quantitative estimate of drug-likeness (QED) is 0.823. The molecule has 0 aliphatic rings. The number of hydrogen-bond acceptors (Lipinski definition) is 4. The highest BCUT2D eigenvalue weighted by Crippen LogP contribution is 2.18. The van der Waals surface area contributed by atoms with Crippen LogP contribution in [0.5, 0.6) is 5.88 Å². The summed E-state index contributed by atoms with van der Waals surface area (Å²) in [4.78, 5) is 6.62. The van der Waals surface area contributed by atoms with Gasteiger partial charge in [-0.1, -0.05) is 6.07 Å². The first-order valence-corrected chi connectivity index (χ1v) is 6.95. The van der Waals surface area contributed by atoms with E-state index in [2.05, 4.69) is 26.7 Å². The molecule has 0 aromatic carbocycles. The van der Waals surface area contributed by atoms with E-state index in [1.807, 2.05) is 39.1 Å². The van der Waals surface area contributed by atoms with Crippen LogP contribution in [0.4, 0.5) is 5.82 Å². The third-order valence-corrected chi connectivity index (χ3v) is 3.19. The average molecular weight is 262 g/mol. The van der Waals surface area contributed by atoms with Gasteiger partial charge in [0.1, 0.15) is 5.82 Å². The highest BCUT2D eigenvalue weighted by Gasteiger charge is 2.06. The lowest BCUT2D eigenvalue weighted by Crippen LogP contribution is -2.17. The molecule has 0 aliphatic heterocycles. The van der Waals surface area contributed by atoms with Gasteiger partial charge < -0.3 is 9.64 Å². The summed E-state index contributed by atoms with van der Waals surface area (Å²) in [6.45, 7) is 4.87. The van der Waals surface area contributed by atoms with Crippen molar-refractivity contribution < 1.29 is 4.74 Å². The van der Waals surface area contributed by atoms with E-state index >= 15 is 0 Å². The number of ether oxygens (including phenoxy) is 1. The SMILES string of the molecule is CC(C)Oc1cccc(N(C)Cc2ccsc2)n1. The molecule has 0 atom stereocenters. The first-order chi connectivity index (χ1) is 8.65. The molecule has 2 aromatic rings. The first-order valence-electron chi connectivity index (χ1n) is 6.01. The van der Waals surface area contributed by atoms with Crippen LogP contribution in [-0.2, 0) is 6.54 Å². The molecule has 2 rings (SSSR count). The Kier molecular flexibility index (Phi) is 4.20. The molecule has 18 heavy (non-hydrogen) atoms. The molecular weight excluding hydrogens is 244 g/mol. The van der Waals surface area contributed by atoms with Crippen LogP contribution in [0.1, 0.15) is 19.4 Å². The summed E-state index contributed by atoms with van der Waals surface area (Å²) in [5.74, 6) is 1.61. The molecule has 0 fully saturated rings. The standard InChI is InChI=1S/C14H18N2OS/c1-11(2)17-14-6-4-5-13(15-14)16(3)9-12-7-8-18-10-12/h4-8,10-11H,9H2,1-3H3. The highest BCUT2D eigenvalue weighted by molar-refractivity contribution is 7.07. The van der Waals surface area contributed by atoms with Crippen LogP contribution in [0.2, 0.25) is 0 Å². The van der Waals surface area contributed by atoms with E-state index in [0.29, 0.717) is 5.88 Å². The van der Waals surface area contributed by atoms with E-state index in [-0.39, 0.29) is 6.10 Å². The Morgan fingerprint density at radius 2 is 2.17 bits per heavy atom. The molecule has 0 radical (unpaired) electrons. The Hall–Kier alpha value is -1.55. The van der Waals surface area contributed by atoms with Crippen LogP contribution >= 0.6 is 11.3 Å². The fourth-order valence-corrected chi connectivity index (χ4v) is 2.32. The van der Waals surface area contributed by atoms with Gasteiger partial charge in [0.15, 0.2) is 0 Å².